The molecule has 140 valence electrons. The minimum absolute atomic E-state index is 0.135. The predicted octanol–water partition coefficient (Wildman–Crippen LogP) is 2.64. The van der Waals surface area contributed by atoms with E-state index < -0.39 is 10.0 Å². The normalized spacial score (nSPS) is 11.3. The number of nitrogens with one attached hydrogen (secondary N) is 2. The van der Waals surface area contributed by atoms with Crippen molar-refractivity contribution in [2.45, 2.75) is 24.8 Å². The number of anilines is 1. The summed E-state index contributed by atoms with van der Waals surface area (Å²) < 4.78 is 37.0. The number of rotatable bonds is 7. The first-order valence-electron chi connectivity index (χ1n) is 7.92. The molecule has 0 aromatic heterocycles. The monoisotopic (exact) mass is 378 g/mol. The Balaban J connectivity index is 2.15. The molecule has 1 amide bonds. The first-order valence-corrected chi connectivity index (χ1v) is 9.41. The Bertz CT molecular complexity index is 877. The van der Waals surface area contributed by atoms with Crippen molar-refractivity contribution < 1.29 is 22.7 Å². The summed E-state index contributed by atoms with van der Waals surface area (Å²) in [5.41, 5.74) is 0.870. The van der Waals surface area contributed by atoms with E-state index in [0.29, 0.717) is 22.7 Å². The Morgan fingerprint density at radius 2 is 1.58 bits per heavy atom. The van der Waals surface area contributed by atoms with Crippen molar-refractivity contribution in [3.63, 3.8) is 0 Å². The molecule has 0 saturated heterocycles. The summed E-state index contributed by atoms with van der Waals surface area (Å²) in [4.78, 5) is 12.5. The number of carbonyl (C=O) groups is 1. The third-order valence-electron chi connectivity index (χ3n) is 3.46. The average molecular weight is 378 g/mol. The number of benzene rings is 2. The van der Waals surface area contributed by atoms with Gasteiger partial charge in [0.2, 0.25) is 10.0 Å². The van der Waals surface area contributed by atoms with Crippen LogP contribution >= 0.6 is 0 Å². The molecule has 0 aliphatic carbocycles. The van der Waals surface area contributed by atoms with E-state index in [0.717, 1.165) is 0 Å². The summed E-state index contributed by atoms with van der Waals surface area (Å²) in [6.45, 7) is 3.49. The van der Waals surface area contributed by atoms with E-state index in [4.69, 9.17) is 9.47 Å². The molecule has 0 aliphatic heterocycles. The summed E-state index contributed by atoms with van der Waals surface area (Å²) in [6, 6.07) is 10.6. The third kappa shape index (κ3) is 4.74. The van der Waals surface area contributed by atoms with Gasteiger partial charge in [-0.1, -0.05) is 0 Å². The topological polar surface area (TPSA) is 93.7 Å². The van der Waals surface area contributed by atoms with Gasteiger partial charge in [-0.15, -0.1) is 0 Å². The Morgan fingerprint density at radius 3 is 2.12 bits per heavy atom. The number of ether oxygens (including phenoxy) is 2. The van der Waals surface area contributed by atoms with Gasteiger partial charge < -0.3 is 14.8 Å². The van der Waals surface area contributed by atoms with Gasteiger partial charge in [0.05, 0.1) is 19.1 Å². The second-order valence-electron chi connectivity index (χ2n) is 5.82. The summed E-state index contributed by atoms with van der Waals surface area (Å²) >= 11 is 0. The van der Waals surface area contributed by atoms with E-state index in [1.54, 1.807) is 32.0 Å². The van der Waals surface area contributed by atoms with E-state index in [1.807, 2.05) is 0 Å². The van der Waals surface area contributed by atoms with Crippen molar-refractivity contribution in [2.24, 2.45) is 0 Å². The van der Waals surface area contributed by atoms with Gasteiger partial charge in [0, 0.05) is 17.3 Å². The van der Waals surface area contributed by atoms with Gasteiger partial charge in [0.25, 0.3) is 5.91 Å². The number of hydrogen-bond acceptors (Lipinski definition) is 5. The van der Waals surface area contributed by atoms with Gasteiger partial charge in [-0.3, -0.25) is 4.79 Å². The smallest absolute Gasteiger partial charge is 0.255 e. The molecule has 0 spiro atoms. The zero-order valence-electron chi connectivity index (χ0n) is 15.1. The van der Waals surface area contributed by atoms with Gasteiger partial charge in [0.1, 0.15) is 0 Å². The highest BCUT2D eigenvalue weighted by Gasteiger charge is 2.16. The average Bonchev–Trinajstić information content (AvgIpc) is 2.60. The molecule has 2 aromatic carbocycles. The number of amides is 1. The van der Waals surface area contributed by atoms with Crippen LogP contribution in [0.3, 0.4) is 0 Å². The van der Waals surface area contributed by atoms with Gasteiger partial charge in [-0.25, -0.2) is 13.1 Å². The van der Waals surface area contributed by atoms with E-state index in [9.17, 15) is 13.2 Å². The largest absolute Gasteiger partial charge is 0.493 e. The van der Waals surface area contributed by atoms with E-state index in [2.05, 4.69) is 10.0 Å². The van der Waals surface area contributed by atoms with E-state index in [1.165, 1.54) is 38.5 Å². The maximum absolute atomic E-state index is 12.4. The van der Waals surface area contributed by atoms with Gasteiger partial charge in [-0.2, -0.15) is 0 Å². The molecule has 0 fully saturated rings. The first kappa shape index (κ1) is 19.7. The van der Waals surface area contributed by atoms with E-state index >= 15 is 0 Å². The van der Waals surface area contributed by atoms with Crippen LogP contribution in [0.15, 0.2) is 47.4 Å². The van der Waals surface area contributed by atoms with Crippen molar-refractivity contribution in [1.29, 1.82) is 0 Å². The molecule has 8 heteroatoms. The minimum atomic E-state index is -3.57. The van der Waals surface area contributed by atoms with Gasteiger partial charge in [0.15, 0.2) is 11.5 Å². The number of carbonyl (C=O) groups excluding carboxylic acids is 1. The summed E-state index contributed by atoms with van der Waals surface area (Å²) in [6.07, 6.45) is 0. The molecule has 0 bridgehead atoms. The molecule has 2 rings (SSSR count). The van der Waals surface area contributed by atoms with Crippen molar-refractivity contribution in [3.05, 3.63) is 48.0 Å². The first-order chi connectivity index (χ1) is 12.3. The van der Waals surface area contributed by atoms with Crippen LogP contribution in [0.4, 0.5) is 5.69 Å². The summed E-state index contributed by atoms with van der Waals surface area (Å²) in [5.74, 6) is 0.625. The molecule has 0 unspecified atom stereocenters. The van der Waals surface area contributed by atoms with Crippen LogP contribution in [0.1, 0.15) is 24.2 Å². The standard InChI is InChI=1S/C18H22N2O5S/c1-12(2)20-26(22,23)15-8-6-14(7-9-15)19-18(21)13-5-10-16(24-3)17(11-13)25-4/h5-12,20H,1-4H3,(H,19,21). The fourth-order valence-electron chi connectivity index (χ4n) is 2.28. The maximum Gasteiger partial charge on any atom is 0.255 e. The molecule has 0 aliphatic rings. The Hall–Kier alpha value is -2.58. The van der Waals surface area contributed by atoms with Crippen LogP contribution in [0.5, 0.6) is 11.5 Å². The fourth-order valence-corrected chi connectivity index (χ4v) is 3.53. The van der Waals surface area contributed by atoms with Crippen LogP contribution in [0.2, 0.25) is 0 Å². The Morgan fingerprint density at radius 1 is 0.962 bits per heavy atom. The van der Waals surface area contributed by atoms with Crippen LogP contribution in [0, 0.1) is 0 Å². The fraction of sp³-hybridized carbons (Fsp3) is 0.278. The van der Waals surface area contributed by atoms with Gasteiger partial charge >= 0.3 is 0 Å². The minimum Gasteiger partial charge on any atom is -0.493 e. The molecule has 0 heterocycles. The maximum atomic E-state index is 12.4. The van der Waals surface area contributed by atoms with Crippen LogP contribution < -0.4 is 19.5 Å². The zero-order chi connectivity index (χ0) is 19.3. The van der Waals surface area contributed by atoms with Crippen LogP contribution in [-0.4, -0.2) is 34.6 Å². The SMILES string of the molecule is COc1ccc(C(=O)Nc2ccc(S(=O)(=O)NC(C)C)cc2)cc1OC. The molecule has 0 atom stereocenters. The highest BCUT2D eigenvalue weighted by Crippen LogP contribution is 2.28. The zero-order valence-corrected chi connectivity index (χ0v) is 15.9. The number of hydrogen-bond donors (Lipinski definition) is 2. The highest BCUT2D eigenvalue weighted by atomic mass is 32.2. The molecule has 0 radical (unpaired) electrons. The van der Waals surface area contributed by atoms with Crippen molar-refractivity contribution in [1.82, 2.24) is 4.72 Å². The molecular weight excluding hydrogens is 356 g/mol. The van der Waals surface area contributed by atoms with Crippen LogP contribution in [0.25, 0.3) is 0 Å². The Kier molecular flexibility index (Phi) is 6.23. The second-order valence-corrected chi connectivity index (χ2v) is 7.54. The lowest BCUT2D eigenvalue weighted by atomic mass is 10.2. The van der Waals surface area contributed by atoms with Crippen LogP contribution in [-0.2, 0) is 10.0 Å². The number of methoxy groups -OCH3 is 2. The third-order valence-corrected chi connectivity index (χ3v) is 5.13. The lowest BCUT2D eigenvalue weighted by Crippen LogP contribution is -2.30. The van der Waals surface area contributed by atoms with Gasteiger partial charge in [-0.05, 0) is 56.3 Å². The van der Waals surface area contributed by atoms with Crippen molar-refractivity contribution >= 4 is 21.6 Å². The predicted molar refractivity (Wildman–Crippen MR) is 99.4 cm³/mol. The molecule has 2 N–H and O–H groups in total. The van der Waals surface area contributed by atoms with Crippen molar-refractivity contribution in [3.8, 4) is 11.5 Å². The van der Waals surface area contributed by atoms with E-state index in [-0.39, 0.29) is 16.8 Å². The molecule has 26 heavy (non-hydrogen) atoms. The summed E-state index contributed by atoms with van der Waals surface area (Å²) in [5, 5.41) is 2.72. The van der Waals surface area contributed by atoms with Crippen molar-refractivity contribution in [2.75, 3.05) is 19.5 Å². The highest BCUT2D eigenvalue weighted by molar-refractivity contribution is 7.89. The quantitative estimate of drug-likeness (QED) is 0.772. The lowest BCUT2D eigenvalue weighted by molar-refractivity contribution is 0.102. The lowest BCUT2D eigenvalue weighted by Gasteiger charge is -2.11. The Labute approximate surface area is 153 Å². The second kappa shape index (κ2) is 8.20. The summed E-state index contributed by atoms with van der Waals surface area (Å²) in [7, 11) is -0.562. The molecule has 7 nitrogen and oxygen atoms in total. The number of sulfonamides is 1. The molecule has 2 aromatic rings. The molecule has 0 saturated carbocycles. The molecular formula is C18H22N2O5S.